The quantitative estimate of drug-likeness (QED) is 0.851. The first-order chi connectivity index (χ1) is 8.74. The third kappa shape index (κ3) is 2.28. The molecule has 1 aliphatic rings. The maximum absolute atomic E-state index is 5.94. The number of aromatic nitrogens is 4. The van der Waals surface area contributed by atoms with Crippen molar-refractivity contribution in [3.63, 3.8) is 0 Å². The monoisotopic (exact) mass is 259 g/mol. The summed E-state index contributed by atoms with van der Waals surface area (Å²) < 4.78 is 0. The topological polar surface area (TPSA) is 77.6 Å². The summed E-state index contributed by atoms with van der Waals surface area (Å²) in [5.41, 5.74) is 6.85. The fraction of sp³-hybridized carbons (Fsp3) is 0.333. The molecular weight excluding hydrogens is 246 g/mol. The molecule has 3 rings (SSSR count). The number of rotatable bonds is 3. The van der Waals surface area contributed by atoms with Crippen LogP contribution in [-0.4, -0.2) is 19.9 Å². The van der Waals surface area contributed by atoms with Gasteiger partial charge in [0.2, 0.25) is 0 Å². The summed E-state index contributed by atoms with van der Waals surface area (Å²) in [5.74, 6) is 1.93. The van der Waals surface area contributed by atoms with E-state index in [4.69, 9.17) is 5.73 Å². The van der Waals surface area contributed by atoms with Crippen LogP contribution in [0.3, 0.4) is 0 Å². The number of nitrogen functional groups attached to an aromatic ring is 1. The van der Waals surface area contributed by atoms with E-state index in [1.54, 1.807) is 18.6 Å². The molecule has 2 aromatic heterocycles. The zero-order valence-electron chi connectivity index (χ0n) is 10.00. The highest BCUT2D eigenvalue weighted by Gasteiger charge is 2.28. The van der Waals surface area contributed by atoms with Gasteiger partial charge in [0.1, 0.15) is 21.7 Å². The molecule has 92 valence electrons. The van der Waals surface area contributed by atoms with Crippen LogP contribution in [0.2, 0.25) is 0 Å². The first kappa shape index (κ1) is 11.4. The SMILES string of the molecule is Cc1c(N)nc(C2CC2)nc1Sc1cnccn1. The minimum absolute atomic E-state index is 0.495. The molecule has 0 spiro atoms. The van der Waals surface area contributed by atoms with Crippen LogP contribution in [0.1, 0.15) is 30.1 Å². The Labute approximate surface area is 109 Å². The summed E-state index contributed by atoms with van der Waals surface area (Å²) in [4.78, 5) is 17.2. The molecule has 0 amide bonds. The van der Waals surface area contributed by atoms with E-state index in [0.717, 1.165) is 34.3 Å². The largest absolute Gasteiger partial charge is 0.383 e. The summed E-state index contributed by atoms with van der Waals surface area (Å²) in [7, 11) is 0. The van der Waals surface area contributed by atoms with Crippen molar-refractivity contribution < 1.29 is 0 Å². The Hall–Kier alpha value is -1.69. The van der Waals surface area contributed by atoms with Gasteiger partial charge in [-0.05, 0) is 31.5 Å². The molecule has 0 unspecified atom stereocenters. The molecule has 0 aromatic carbocycles. The van der Waals surface area contributed by atoms with Crippen molar-refractivity contribution in [1.29, 1.82) is 0 Å². The standard InChI is InChI=1S/C12H13N5S/c1-7-10(13)16-11(8-2-3-8)17-12(7)18-9-6-14-4-5-15-9/h4-6,8H,2-3H2,1H3,(H2,13,16,17). The molecule has 6 heteroatoms. The molecule has 0 aliphatic heterocycles. The van der Waals surface area contributed by atoms with Gasteiger partial charge in [-0.1, -0.05) is 0 Å². The first-order valence-electron chi connectivity index (χ1n) is 5.82. The molecule has 0 bridgehead atoms. The summed E-state index contributed by atoms with van der Waals surface area (Å²) >= 11 is 1.48. The fourth-order valence-corrected chi connectivity index (χ4v) is 2.41. The fourth-order valence-electron chi connectivity index (χ4n) is 1.59. The number of hydrogen-bond donors (Lipinski definition) is 1. The summed E-state index contributed by atoms with van der Waals surface area (Å²) in [6.45, 7) is 1.94. The number of hydrogen-bond acceptors (Lipinski definition) is 6. The molecular formula is C12H13N5S. The van der Waals surface area contributed by atoms with E-state index < -0.39 is 0 Å². The number of nitrogens with zero attached hydrogens (tertiary/aromatic N) is 4. The van der Waals surface area contributed by atoms with Gasteiger partial charge in [0.15, 0.2) is 0 Å². The van der Waals surface area contributed by atoms with E-state index in [1.807, 2.05) is 6.92 Å². The van der Waals surface area contributed by atoms with Crippen LogP contribution < -0.4 is 5.73 Å². The van der Waals surface area contributed by atoms with Gasteiger partial charge in [-0.2, -0.15) is 0 Å². The molecule has 5 nitrogen and oxygen atoms in total. The second-order valence-corrected chi connectivity index (χ2v) is 5.33. The Morgan fingerprint density at radius 3 is 2.78 bits per heavy atom. The Balaban J connectivity index is 1.95. The normalized spacial score (nSPS) is 14.7. The lowest BCUT2D eigenvalue weighted by molar-refractivity contribution is 0.866. The van der Waals surface area contributed by atoms with Gasteiger partial charge in [-0.3, -0.25) is 4.98 Å². The maximum atomic E-state index is 5.94. The van der Waals surface area contributed by atoms with Gasteiger partial charge >= 0.3 is 0 Å². The van der Waals surface area contributed by atoms with Crippen LogP contribution in [0.25, 0.3) is 0 Å². The molecule has 2 heterocycles. The molecule has 0 atom stereocenters. The molecule has 1 aliphatic carbocycles. The smallest absolute Gasteiger partial charge is 0.135 e. The van der Waals surface area contributed by atoms with Crippen molar-refractivity contribution in [2.75, 3.05) is 5.73 Å². The van der Waals surface area contributed by atoms with Crippen LogP contribution in [0.15, 0.2) is 28.6 Å². The molecule has 2 N–H and O–H groups in total. The van der Waals surface area contributed by atoms with Gasteiger partial charge in [0.05, 0.1) is 6.20 Å². The lowest BCUT2D eigenvalue weighted by Crippen LogP contribution is -2.03. The van der Waals surface area contributed by atoms with Crippen LogP contribution in [0, 0.1) is 6.92 Å². The third-order valence-corrected chi connectivity index (χ3v) is 3.85. The average Bonchev–Trinajstić information content (AvgIpc) is 3.20. The van der Waals surface area contributed by atoms with Gasteiger partial charge < -0.3 is 5.73 Å². The first-order valence-corrected chi connectivity index (χ1v) is 6.63. The number of nitrogens with two attached hydrogens (primary N) is 1. The Morgan fingerprint density at radius 2 is 2.11 bits per heavy atom. The summed E-state index contributed by atoms with van der Waals surface area (Å²) in [6, 6.07) is 0. The molecule has 1 saturated carbocycles. The second kappa shape index (κ2) is 4.53. The van der Waals surface area contributed by atoms with Crippen molar-refractivity contribution in [3.8, 4) is 0 Å². The van der Waals surface area contributed by atoms with Crippen molar-refractivity contribution in [2.45, 2.75) is 35.7 Å². The van der Waals surface area contributed by atoms with Crippen molar-refractivity contribution in [2.24, 2.45) is 0 Å². The van der Waals surface area contributed by atoms with E-state index in [9.17, 15) is 0 Å². The minimum atomic E-state index is 0.495. The van der Waals surface area contributed by atoms with Crippen molar-refractivity contribution in [3.05, 3.63) is 30.0 Å². The zero-order chi connectivity index (χ0) is 12.5. The zero-order valence-corrected chi connectivity index (χ0v) is 10.8. The second-order valence-electron chi connectivity index (χ2n) is 4.32. The van der Waals surface area contributed by atoms with Crippen molar-refractivity contribution >= 4 is 17.6 Å². The molecule has 18 heavy (non-hydrogen) atoms. The molecule has 0 radical (unpaired) electrons. The van der Waals surface area contributed by atoms with Crippen LogP contribution in [0.5, 0.6) is 0 Å². The average molecular weight is 259 g/mol. The van der Waals surface area contributed by atoms with Crippen LogP contribution in [-0.2, 0) is 0 Å². The molecule has 1 fully saturated rings. The van der Waals surface area contributed by atoms with Gasteiger partial charge in [-0.25, -0.2) is 15.0 Å². The van der Waals surface area contributed by atoms with Crippen LogP contribution in [0.4, 0.5) is 5.82 Å². The van der Waals surface area contributed by atoms with Crippen molar-refractivity contribution in [1.82, 2.24) is 19.9 Å². The highest BCUT2D eigenvalue weighted by Crippen LogP contribution is 2.40. The van der Waals surface area contributed by atoms with E-state index in [-0.39, 0.29) is 0 Å². The minimum Gasteiger partial charge on any atom is -0.383 e. The third-order valence-electron chi connectivity index (χ3n) is 2.84. The Bertz CT molecular complexity index is 568. The van der Waals surface area contributed by atoms with Gasteiger partial charge in [-0.15, -0.1) is 0 Å². The number of anilines is 1. The van der Waals surface area contributed by atoms with E-state index >= 15 is 0 Å². The predicted molar refractivity (Wildman–Crippen MR) is 69.3 cm³/mol. The van der Waals surface area contributed by atoms with Gasteiger partial charge in [0, 0.05) is 23.9 Å². The van der Waals surface area contributed by atoms with E-state index in [0.29, 0.717) is 11.7 Å². The lowest BCUT2D eigenvalue weighted by Gasteiger charge is -2.08. The summed E-state index contributed by atoms with van der Waals surface area (Å²) in [6.07, 6.45) is 7.37. The highest BCUT2D eigenvalue weighted by atomic mass is 32.2. The predicted octanol–water partition coefficient (Wildman–Crippen LogP) is 2.19. The highest BCUT2D eigenvalue weighted by molar-refractivity contribution is 7.99. The summed E-state index contributed by atoms with van der Waals surface area (Å²) in [5, 5.41) is 1.70. The van der Waals surface area contributed by atoms with Crippen LogP contribution >= 0.6 is 11.8 Å². The van der Waals surface area contributed by atoms with E-state index in [2.05, 4.69) is 19.9 Å². The lowest BCUT2D eigenvalue weighted by atomic mass is 10.3. The van der Waals surface area contributed by atoms with Gasteiger partial charge in [0.25, 0.3) is 0 Å². The maximum Gasteiger partial charge on any atom is 0.135 e. The Morgan fingerprint density at radius 1 is 1.28 bits per heavy atom. The molecule has 2 aromatic rings. The van der Waals surface area contributed by atoms with E-state index in [1.165, 1.54) is 11.8 Å². The molecule has 0 saturated heterocycles. The Kier molecular flexibility index (Phi) is 2.87.